The second kappa shape index (κ2) is 11.1. The zero-order chi connectivity index (χ0) is 35.2. The molecule has 0 saturated carbocycles. The summed E-state index contributed by atoms with van der Waals surface area (Å²) in [6, 6.07) is 38.5. The Morgan fingerprint density at radius 3 is 2.20 bits per heavy atom. The van der Waals surface area contributed by atoms with Crippen molar-refractivity contribution in [2.24, 2.45) is 0 Å². The fraction of sp³-hybridized carbons (Fsp3) is 0.222. The molecule has 4 heterocycles. The maximum absolute atomic E-state index is 6.83. The van der Waals surface area contributed by atoms with E-state index in [1.165, 1.54) is 27.6 Å². The van der Waals surface area contributed by atoms with E-state index in [1.54, 1.807) is 0 Å². The molecule has 9 rings (SSSR count). The van der Waals surface area contributed by atoms with Crippen LogP contribution >= 0.6 is 0 Å². The summed E-state index contributed by atoms with van der Waals surface area (Å²) in [4.78, 5) is 9.57. The molecule has 6 heteroatoms. The molecule has 1 aliphatic heterocycles. The first-order chi connectivity index (χ1) is 24.4. The first-order valence-electron chi connectivity index (χ1n) is 17.7. The average molecular weight is 671 g/mol. The molecule has 0 radical (unpaired) electrons. The second-order valence-electron chi connectivity index (χ2n) is 15.9. The van der Waals surface area contributed by atoms with Gasteiger partial charge in [-0.2, -0.15) is 0 Å². The van der Waals surface area contributed by atoms with Gasteiger partial charge in [0.15, 0.2) is 0 Å². The highest BCUT2D eigenvalue weighted by atomic mass is 16.5. The number of pyridine rings is 1. The van der Waals surface area contributed by atoms with Gasteiger partial charge in [-0.3, -0.25) is 4.57 Å². The Labute approximate surface area is 298 Å². The Bertz CT molecular complexity index is 2650. The Balaban J connectivity index is 1.16. The van der Waals surface area contributed by atoms with Crippen LogP contribution in [0, 0.1) is 0 Å². The number of rotatable bonds is 4. The summed E-state index contributed by atoms with van der Waals surface area (Å²) in [5, 5.41) is 4.65. The normalized spacial score (nSPS) is 13.6. The smallest absolute Gasteiger partial charge is 0.137 e. The molecule has 0 fully saturated rings. The fourth-order valence-corrected chi connectivity index (χ4v) is 7.61. The van der Waals surface area contributed by atoms with E-state index in [0.29, 0.717) is 6.67 Å². The largest absolute Gasteiger partial charge is 0.457 e. The van der Waals surface area contributed by atoms with E-state index < -0.39 is 0 Å². The molecule has 0 bridgehead atoms. The highest BCUT2D eigenvalue weighted by molar-refractivity contribution is 6.16. The molecule has 0 spiro atoms. The second-order valence-corrected chi connectivity index (χ2v) is 15.9. The highest BCUT2D eigenvalue weighted by Gasteiger charge is 2.30. The number of ether oxygens (including phenoxy) is 1. The van der Waals surface area contributed by atoms with E-state index in [-0.39, 0.29) is 10.8 Å². The van der Waals surface area contributed by atoms with Crippen molar-refractivity contribution in [1.29, 1.82) is 0 Å². The molecule has 0 N–H and O–H groups in total. The Kier molecular flexibility index (Phi) is 6.82. The zero-order valence-corrected chi connectivity index (χ0v) is 30.3. The van der Waals surface area contributed by atoms with Gasteiger partial charge in [0, 0.05) is 47.2 Å². The topological polar surface area (TPSA) is 46.7 Å². The lowest BCUT2D eigenvalue weighted by atomic mass is 9.86. The van der Waals surface area contributed by atoms with Gasteiger partial charge in [-0.05, 0) is 82.6 Å². The van der Waals surface area contributed by atoms with Gasteiger partial charge in [-0.25, -0.2) is 4.98 Å². The first kappa shape index (κ1) is 31.2. The van der Waals surface area contributed by atoms with Gasteiger partial charge in [0.05, 0.1) is 34.5 Å². The van der Waals surface area contributed by atoms with E-state index in [1.807, 2.05) is 18.3 Å². The molecule has 0 atom stereocenters. The Morgan fingerprint density at radius 1 is 0.647 bits per heavy atom. The number of anilines is 3. The molecule has 0 unspecified atom stereocenters. The first-order valence-corrected chi connectivity index (χ1v) is 17.7. The van der Waals surface area contributed by atoms with Crippen molar-refractivity contribution in [3.05, 3.63) is 127 Å². The predicted octanol–water partition coefficient (Wildman–Crippen LogP) is 12.0. The van der Waals surface area contributed by atoms with Crippen LogP contribution < -0.4 is 14.5 Å². The van der Waals surface area contributed by atoms with Gasteiger partial charge >= 0.3 is 0 Å². The van der Waals surface area contributed by atoms with Crippen LogP contribution in [0.1, 0.15) is 52.7 Å². The maximum atomic E-state index is 6.83. The molecule has 6 nitrogen and oxygen atoms in total. The molecular formula is C45H42N4O2. The van der Waals surface area contributed by atoms with Gasteiger partial charge in [-0.15, -0.1) is 0 Å². The highest BCUT2D eigenvalue weighted by Crippen LogP contribution is 2.49. The van der Waals surface area contributed by atoms with Crippen LogP contribution in [0.5, 0.6) is 11.5 Å². The van der Waals surface area contributed by atoms with Crippen molar-refractivity contribution in [2.45, 2.75) is 52.4 Å². The minimum Gasteiger partial charge on any atom is -0.457 e. The van der Waals surface area contributed by atoms with Crippen LogP contribution in [-0.2, 0) is 10.8 Å². The minimum atomic E-state index is -0.0899. The Hall–Kier alpha value is -5.75. The number of hydrogen-bond donors (Lipinski definition) is 0. The predicted molar refractivity (Wildman–Crippen MR) is 212 cm³/mol. The number of fused-ring (bicyclic) bond motifs is 8. The van der Waals surface area contributed by atoms with Crippen LogP contribution in [0.2, 0.25) is 0 Å². The number of nitrogens with zero attached hydrogens (tertiary/aromatic N) is 4. The molecule has 0 amide bonds. The molecule has 51 heavy (non-hydrogen) atoms. The number of para-hydroxylation sites is 2. The summed E-state index contributed by atoms with van der Waals surface area (Å²) in [6.45, 7) is 14.2. The summed E-state index contributed by atoms with van der Waals surface area (Å²) >= 11 is 0. The lowest BCUT2D eigenvalue weighted by Gasteiger charge is -2.25. The van der Waals surface area contributed by atoms with Crippen molar-refractivity contribution < 1.29 is 9.15 Å². The third-order valence-corrected chi connectivity index (χ3v) is 10.3. The zero-order valence-electron chi connectivity index (χ0n) is 30.3. The summed E-state index contributed by atoms with van der Waals surface area (Å²) in [5.41, 5.74) is 9.80. The number of hydrogen-bond acceptors (Lipinski definition) is 5. The van der Waals surface area contributed by atoms with Crippen molar-refractivity contribution in [3.8, 4) is 17.3 Å². The third-order valence-electron chi connectivity index (χ3n) is 10.3. The molecule has 254 valence electrons. The van der Waals surface area contributed by atoms with Gasteiger partial charge < -0.3 is 19.0 Å². The van der Waals surface area contributed by atoms with Gasteiger partial charge in [0.2, 0.25) is 0 Å². The van der Waals surface area contributed by atoms with E-state index in [0.717, 1.165) is 61.7 Å². The van der Waals surface area contributed by atoms with Crippen LogP contribution in [0.25, 0.3) is 49.6 Å². The Morgan fingerprint density at radius 2 is 1.39 bits per heavy atom. The summed E-state index contributed by atoms with van der Waals surface area (Å²) in [5.74, 6) is 2.48. The van der Waals surface area contributed by atoms with Crippen LogP contribution in [0.3, 0.4) is 0 Å². The fourth-order valence-electron chi connectivity index (χ4n) is 7.61. The lowest BCUT2D eigenvalue weighted by Crippen LogP contribution is -2.24. The van der Waals surface area contributed by atoms with Crippen molar-refractivity contribution >= 4 is 60.8 Å². The number of furan rings is 1. The van der Waals surface area contributed by atoms with Crippen LogP contribution in [-0.4, -0.2) is 23.3 Å². The molecule has 5 aromatic carbocycles. The number of benzene rings is 5. The summed E-state index contributed by atoms with van der Waals surface area (Å²) < 4.78 is 15.3. The van der Waals surface area contributed by atoms with Crippen LogP contribution in [0.4, 0.5) is 17.1 Å². The minimum absolute atomic E-state index is 0.00345. The molecule has 1 aliphatic rings. The van der Waals surface area contributed by atoms with Gasteiger partial charge in [0.1, 0.15) is 28.5 Å². The van der Waals surface area contributed by atoms with Gasteiger partial charge in [0.25, 0.3) is 0 Å². The average Bonchev–Trinajstić information content (AvgIpc) is 3.76. The molecular weight excluding hydrogens is 629 g/mol. The third kappa shape index (κ3) is 5.12. The monoisotopic (exact) mass is 670 g/mol. The van der Waals surface area contributed by atoms with Crippen LogP contribution in [0.15, 0.2) is 120 Å². The van der Waals surface area contributed by atoms with Crippen molar-refractivity contribution in [1.82, 2.24) is 9.55 Å². The van der Waals surface area contributed by atoms with Gasteiger partial charge in [-0.1, -0.05) is 77.9 Å². The molecule has 0 saturated heterocycles. The maximum Gasteiger partial charge on any atom is 0.137 e. The summed E-state index contributed by atoms with van der Waals surface area (Å²) in [6.07, 6.45) is 1.92. The molecule has 3 aromatic heterocycles. The molecule has 0 aliphatic carbocycles. The summed E-state index contributed by atoms with van der Waals surface area (Å²) in [7, 11) is 2.16. The quantitative estimate of drug-likeness (QED) is 0.186. The lowest BCUT2D eigenvalue weighted by molar-refractivity contribution is 0.479. The SMILES string of the molecule is CN1CN(c2cc(Oc3ccc4c5ccccc5n(-c5cc(C(C)(C)C)ccn5)c4c3)cc(C(C)(C)C)c2)c2ccc3oc4ccccc4c3c21. The van der Waals surface area contributed by atoms with E-state index in [2.05, 4.69) is 160 Å². The van der Waals surface area contributed by atoms with E-state index >= 15 is 0 Å². The van der Waals surface area contributed by atoms with Crippen molar-refractivity contribution in [2.75, 3.05) is 23.5 Å². The van der Waals surface area contributed by atoms with E-state index in [9.17, 15) is 0 Å². The number of aromatic nitrogens is 2. The molecule has 8 aromatic rings. The standard InChI is InChI=1S/C45H42N4O2/c1-44(2,3)28-20-21-46-41(24-28)49-36-14-10-8-12-33(36)34-17-16-31(26-38(34)49)50-32-23-29(45(4,5)6)22-30(25-32)48-27-47(7)43-37(48)18-19-40-42(43)35-13-9-11-15-39(35)51-40/h8-26H,27H2,1-7H3. The van der Waals surface area contributed by atoms with E-state index in [4.69, 9.17) is 14.1 Å². The van der Waals surface area contributed by atoms with Crippen molar-refractivity contribution in [3.63, 3.8) is 0 Å².